The van der Waals surface area contributed by atoms with Crippen LogP contribution in [0.2, 0.25) is 0 Å². The number of phenolic OH excluding ortho intramolecular Hbond substituents is 1. The van der Waals surface area contributed by atoms with Crippen LogP contribution < -0.4 is 15.5 Å². The lowest BCUT2D eigenvalue weighted by Gasteiger charge is -2.19. The molecule has 3 N–H and O–H groups in total. The third-order valence-electron chi connectivity index (χ3n) is 4.84. The fourth-order valence-corrected chi connectivity index (χ4v) is 4.70. The van der Waals surface area contributed by atoms with Crippen LogP contribution in [0, 0.1) is 0 Å². The van der Waals surface area contributed by atoms with E-state index in [1.807, 2.05) is 0 Å². The third-order valence-corrected chi connectivity index (χ3v) is 6.88. The van der Waals surface area contributed by atoms with Gasteiger partial charge in [0.05, 0.1) is 10.6 Å². The van der Waals surface area contributed by atoms with Gasteiger partial charge in [-0.1, -0.05) is 19.9 Å². The molecule has 3 rings (SSSR count). The van der Waals surface area contributed by atoms with Gasteiger partial charge in [0, 0.05) is 37.4 Å². The second-order valence-electron chi connectivity index (χ2n) is 6.66. The smallest absolute Gasteiger partial charge is 0.321 e. The van der Waals surface area contributed by atoms with Gasteiger partial charge in [0.2, 0.25) is 10.0 Å². The molecule has 1 fully saturated rings. The van der Waals surface area contributed by atoms with E-state index < -0.39 is 15.9 Å². The summed E-state index contributed by atoms with van der Waals surface area (Å²) in [6.07, 6.45) is 0. The summed E-state index contributed by atoms with van der Waals surface area (Å²) in [6.45, 7) is 5.10. The number of amides is 3. The van der Waals surface area contributed by atoms with Crippen molar-refractivity contribution >= 4 is 33.3 Å². The maximum absolute atomic E-state index is 12.7. The first kappa shape index (κ1) is 21.6. The van der Waals surface area contributed by atoms with E-state index in [0.717, 1.165) is 0 Å². The Hall–Kier alpha value is -3.11. The average molecular weight is 433 g/mol. The summed E-state index contributed by atoms with van der Waals surface area (Å²) in [7, 11) is -3.74. The molecule has 1 aliphatic heterocycles. The fourth-order valence-electron chi connectivity index (χ4n) is 3.22. The highest BCUT2D eigenvalue weighted by Gasteiger charge is 2.24. The largest absolute Gasteiger partial charge is 0.506 e. The van der Waals surface area contributed by atoms with Crippen LogP contribution in [0.25, 0.3) is 0 Å². The van der Waals surface area contributed by atoms with E-state index in [1.165, 1.54) is 27.4 Å². The zero-order valence-corrected chi connectivity index (χ0v) is 17.6. The summed E-state index contributed by atoms with van der Waals surface area (Å²) in [5.74, 6) is -0.791. The highest BCUT2D eigenvalue weighted by molar-refractivity contribution is 7.89. The average Bonchev–Trinajstić information content (AvgIpc) is 3.16. The van der Waals surface area contributed by atoms with Gasteiger partial charge >= 0.3 is 6.03 Å². The van der Waals surface area contributed by atoms with Crippen molar-refractivity contribution < 1.29 is 23.1 Å². The quantitative estimate of drug-likeness (QED) is 0.580. The Labute approximate surface area is 175 Å². The number of hydrogen-bond donors (Lipinski definition) is 3. The van der Waals surface area contributed by atoms with E-state index in [2.05, 4.69) is 10.6 Å². The molecule has 30 heavy (non-hydrogen) atoms. The van der Waals surface area contributed by atoms with Gasteiger partial charge < -0.3 is 15.7 Å². The minimum Gasteiger partial charge on any atom is -0.506 e. The van der Waals surface area contributed by atoms with Gasteiger partial charge in [0.15, 0.2) is 0 Å². The standard InChI is InChI=1S/C20H24N4O5S/c1-3-23(4-2)30(28,29)16-8-9-18(25)17(13-16)22-19(26)14-6-5-7-15(12-14)24-11-10-21-20(24)27/h5-9,12-13,25H,3-4,10-11H2,1-2H3,(H,21,27)(H,22,26). The first-order valence-corrected chi connectivity index (χ1v) is 11.0. The Balaban J connectivity index is 1.86. The molecule has 2 aromatic rings. The Bertz CT molecular complexity index is 1070. The second kappa shape index (κ2) is 8.72. The van der Waals surface area contributed by atoms with E-state index in [9.17, 15) is 23.1 Å². The number of aromatic hydroxyl groups is 1. The van der Waals surface area contributed by atoms with Crippen LogP contribution >= 0.6 is 0 Å². The van der Waals surface area contributed by atoms with Crippen LogP contribution in [-0.4, -0.2) is 55.9 Å². The van der Waals surface area contributed by atoms with Gasteiger partial charge in [0.25, 0.3) is 5.91 Å². The molecule has 0 bridgehead atoms. The Morgan fingerprint density at radius 1 is 1.20 bits per heavy atom. The first-order valence-electron chi connectivity index (χ1n) is 9.57. The molecule has 0 aromatic heterocycles. The lowest BCUT2D eigenvalue weighted by atomic mass is 10.1. The lowest BCUT2D eigenvalue weighted by molar-refractivity contribution is 0.102. The Kier molecular flexibility index (Phi) is 6.28. The van der Waals surface area contributed by atoms with Crippen molar-refractivity contribution in [3.05, 3.63) is 48.0 Å². The van der Waals surface area contributed by atoms with Gasteiger partial charge in [-0.15, -0.1) is 0 Å². The van der Waals surface area contributed by atoms with Crippen molar-refractivity contribution in [2.24, 2.45) is 0 Å². The molecule has 0 aliphatic carbocycles. The molecule has 0 atom stereocenters. The van der Waals surface area contributed by atoms with Crippen LogP contribution in [-0.2, 0) is 10.0 Å². The van der Waals surface area contributed by atoms with Crippen LogP contribution in [0.5, 0.6) is 5.75 Å². The van der Waals surface area contributed by atoms with Crippen LogP contribution in [0.4, 0.5) is 16.2 Å². The minimum atomic E-state index is -3.74. The predicted octanol–water partition coefficient (Wildman–Crippen LogP) is 2.20. The Morgan fingerprint density at radius 3 is 2.57 bits per heavy atom. The summed E-state index contributed by atoms with van der Waals surface area (Å²) < 4.78 is 26.7. The fraction of sp³-hybridized carbons (Fsp3) is 0.300. The summed E-state index contributed by atoms with van der Waals surface area (Å²) in [5, 5.41) is 15.4. The van der Waals surface area contributed by atoms with Crippen molar-refractivity contribution in [3.8, 4) is 5.75 Å². The molecule has 160 valence electrons. The van der Waals surface area contributed by atoms with E-state index in [-0.39, 0.29) is 27.9 Å². The second-order valence-corrected chi connectivity index (χ2v) is 8.59. The monoisotopic (exact) mass is 432 g/mol. The lowest BCUT2D eigenvalue weighted by Crippen LogP contribution is -2.30. The van der Waals surface area contributed by atoms with Crippen molar-refractivity contribution in [2.45, 2.75) is 18.7 Å². The molecular formula is C20H24N4O5S. The number of nitrogens with zero attached hydrogens (tertiary/aromatic N) is 2. The zero-order chi connectivity index (χ0) is 21.9. The van der Waals surface area contributed by atoms with Crippen LogP contribution in [0.15, 0.2) is 47.4 Å². The van der Waals surface area contributed by atoms with Gasteiger partial charge in [0.1, 0.15) is 5.75 Å². The topological polar surface area (TPSA) is 119 Å². The summed E-state index contributed by atoms with van der Waals surface area (Å²) in [6, 6.07) is 10.0. The molecule has 2 aromatic carbocycles. The number of benzene rings is 2. The number of rotatable bonds is 7. The molecule has 3 amide bonds. The van der Waals surface area contributed by atoms with Gasteiger partial charge in [-0.2, -0.15) is 4.31 Å². The zero-order valence-electron chi connectivity index (χ0n) is 16.8. The van der Waals surface area contributed by atoms with Crippen molar-refractivity contribution in [2.75, 3.05) is 36.4 Å². The number of sulfonamides is 1. The van der Waals surface area contributed by atoms with E-state index >= 15 is 0 Å². The number of anilines is 2. The molecule has 1 saturated heterocycles. The molecular weight excluding hydrogens is 408 g/mol. The number of nitrogens with one attached hydrogen (secondary N) is 2. The van der Waals surface area contributed by atoms with Crippen molar-refractivity contribution in [1.29, 1.82) is 0 Å². The Morgan fingerprint density at radius 2 is 1.93 bits per heavy atom. The van der Waals surface area contributed by atoms with Gasteiger partial charge in [-0.3, -0.25) is 9.69 Å². The maximum atomic E-state index is 12.7. The minimum absolute atomic E-state index is 0.0162. The molecule has 0 radical (unpaired) electrons. The SMILES string of the molecule is CCN(CC)S(=O)(=O)c1ccc(O)c(NC(=O)c2cccc(N3CCNC3=O)c2)c1. The predicted molar refractivity (Wildman–Crippen MR) is 113 cm³/mol. The molecule has 1 heterocycles. The van der Waals surface area contributed by atoms with E-state index in [4.69, 9.17) is 0 Å². The summed E-state index contributed by atoms with van der Waals surface area (Å²) in [4.78, 5) is 26.1. The molecule has 0 saturated carbocycles. The van der Waals surface area contributed by atoms with Crippen molar-refractivity contribution in [1.82, 2.24) is 9.62 Å². The van der Waals surface area contributed by atoms with E-state index in [0.29, 0.717) is 31.9 Å². The molecule has 10 heteroatoms. The summed E-state index contributed by atoms with van der Waals surface area (Å²) in [5.41, 5.74) is 0.820. The van der Waals surface area contributed by atoms with E-state index in [1.54, 1.807) is 38.1 Å². The normalized spacial score (nSPS) is 14.1. The highest BCUT2D eigenvalue weighted by Crippen LogP contribution is 2.29. The number of phenols is 1. The summed E-state index contributed by atoms with van der Waals surface area (Å²) >= 11 is 0. The van der Waals surface area contributed by atoms with Crippen LogP contribution in [0.1, 0.15) is 24.2 Å². The third kappa shape index (κ3) is 4.24. The molecule has 1 aliphatic rings. The molecule has 0 unspecified atom stereocenters. The van der Waals surface area contributed by atoms with Gasteiger partial charge in [-0.05, 0) is 36.4 Å². The van der Waals surface area contributed by atoms with Crippen LogP contribution in [0.3, 0.4) is 0 Å². The van der Waals surface area contributed by atoms with Crippen molar-refractivity contribution in [3.63, 3.8) is 0 Å². The molecule has 0 spiro atoms. The number of carbonyl (C=O) groups is 2. The van der Waals surface area contributed by atoms with Gasteiger partial charge in [-0.25, -0.2) is 13.2 Å². The number of urea groups is 1. The first-order chi connectivity index (χ1) is 14.3. The number of carbonyl (C=O) groups excluding carboxylic acids is 2. The maximum Gasteiger partial charge on any atom is 0.321 e. The molecule has 9 nitrogen and oxygen atoms in total. The number of hydrogen-bond acceptors (Lipinski definition) is 5. The highest BCUT2D eigenvalue weighted by atomic mass is 32.2.